The van der Waals surface area contributed by atoms with Crippen LogP contribution in [0.25, 0.3) is 21.9 Å². The maximum atomic E-state index is 11.5. The summed E-state index contributed by atoms with van der Waals surface area (Å²) in [5.74, 6) is 0.768. The minimum Gasteiger partial charge on any atom is -0.461 e. The van der Waals surface area contributed by atoms with Crippen molar-refractivity contribution in [2.75, 3.05) is 0 Å². The van der Waals surface area contributed by atoms with Crippen molar-refractivity contribution < 1.29 is 8.83 Å². The summed E-state index contributed by atoms with van der Waals surface area (Å²) in [6.07, 6.45) is 0. The van der Waals surface area contributed by atoms with Crippen molar-refractivity contribution in [3.05, 3.63) is 45.5 Å². The van der Waals surface area contributed by atoms with E-state index in [1.165, 1.54) is 6.07 Å². The molecule has 0 aliphatic heterocycles. The number of rotatable bonds is 1. The van der Waals surface area contributed by atoms with Crippen LogP contribution in [0.15, 0.2) is 31.8 Å². The van der Waals surface area contributed by atoms with E-state index in [0.29, 0.717) is 17.7 Å². The van der Waals surface area contributed by atoms with E-state index in [0.717, 1.165) is 27.7 Å². The highest BCUT2D eigenvalue weighted by molar-refractivity contribution is 6.05. The third kappa shape index (κ3) is 1.39. The Morgan fingerprint density at radius 1 is 1.22 bits per heavy atom. The number of aryl methyl sites for hydroxylation is 2. The van der Waals surface area contributed by atoms with Gasteiger partial charge in [-0.15, -0.1) is 0 Å². The molecule has 0 fully saturated rings. The van der Waals surface area contributed by atoms with E-state index in [9.17, 15) is 4.79 Å². The minimum absolute atomic E-state index is 0.352. The fourth-order valence-electron chi connectivity index (χ4n) is 2.38. The molecule has 0 spiro atoms. The molecule has 0 atom stereocenters. The van der Waals surface area contributed by atoms with Crippen LogP contribution in [0, 0.1) is 13.8 Å². The second-order valence-corrected chi connectivity index (χ2v) is 4.40. The Bertz CT molecular complexity index is 811. The van der Waals surface area contributed by atoms with Crippen LogP contribution in [0.1, 0.15) is 16.9 Å². The highest BCUT2D eigenvalue weighted by Gasteiger charge is 2.15. The molecule has 0 saturated heterocycles. The number of furan rings is 1. The Labute approximate surface area is 103 Å². The predicted molar refractivity (Wildman–Crippen MR) is 69.6 cm³/mol. The lowest BCUT2D eigenvalue weighted by Gasteiger charge is -2.02. The normalized spacial score (nSPS) is 11.5. The number of benzene rings is 1. The first kappa shape index (κ1) is 11.0. The molecule has 0 aliphatic carbocycles. The molecular weight excluding hydrogens is 230 g/mol. The Hall–Kier alpha value is -2.07. The lowest BCUT2D eigenvalue weighted by Crippen LogP contribution is -2.00. The van der Waals surface area contributed by atoms with Crippen molar-refractivity contribution in [2.24, 2.45) is 5.73 Å². The summed E-state index contributed by atoms with van der Waals surface area (Å²) in [6.45, 7) is 4.11. The minimum atomic E-state index is -0.352. The van der Waals surface area contributed by atoms with Crippen LogP contribution in [-0.4, -0.2) is 0 Å². The van der Waals surface area contributed by atoms with Crippen LogP contribution in [-0.2, 0) is 6.54 Å². The molecule has 2 N–H and O–H groups in total. The van der Waals surface area contributed by atoms with Gasteiger partial charge in [-0.1, -0.05) is 0 Å². The van der Waals surface area contributed by atoms with Crippen molar-refractivity contribution in [1.82, 2.24) is 0 Å². The van der Waals surface area contributed by atoms with Crippen LogP contribution in [0.2, 0.25) is 0 Å². The van der Waals surface area contributed by atoms with Crippen LogP contribution >= 0.6 is 0 Å². The van der Waals surface area contributed by atoms with Crippen molar-refractivity contribution in [1.29, 1.82) is 0 Å². The average molecular weight is 243 g/mol. The summed E-state index contributed by atoms with van der Waals surface area (Å²) in [4.78, 5) is 11.5. The molecule has 0 radical (unpaired) electrons. The molecule has 4 heteroatoms. The second kappa shape index (κ2) is 3.71. The molecule has 2 heterocycles. The Balaban J connectivity index is 2.63. The van der Waals surface area contributed by atoms with Gasteiger partial charge in [0.05, 0.1) is 5.39 Å². The molecule has 0 aliphatic rings. The number of hydrogen-bond donors (Lipinski definition) is 1. The predicted octanol–water partition coefficient (Wildman–Crippen LogP) is 2.61. The van der Waals surface area contributed by atoms with Crippen molar-refractivity contribution in [2.45, 2.75) is 20.4 Å². The zero-order valence-corrected chi connectivity index (χ0v) is 10.2. The maximum absolute atomic E-state index is 11.5. The van der Waals surface area contributed by atoms with E-state index in [1.807, 2.05) is 26.0 Å². The zero-order chi connectivity index (χ0) is 12.9. The number of fused-ring (bicyclic) bond motifs is 3. The van der Waals surface area contributed by atoms with E-state index in [2.05, 4.69) is 0 Å². The fourth-order valence-corrected chi connectivity index (χ4v) is 2.38. The van der Waals surface area contributed by atoms with Gasteiger partial charge in [0.1, 0.15) is 16.9 Å². The van der Waals surface area contributed by atoms with E-state index in [-0.39, 0.29) is 5.63 Å². The second-order valence-electron chi connectivity index (χ2n) is 4.40. The fraction of sp³-hybridized carbons (Fsp3) is 0.214. The van der Waals surface area contributed by atoms with Crippen LogP contribution in [0.4, 0.5) is 0 Å². The molecular formula is C14H13NO3. The number of nitrogens with two attached hydrogens (primary N) is 1. The van der Waals surface area contributed by atoms with Gasteiger partial charge in [-0.25, -0.2) is 4.79 Å². The van der Waals surface area contributed by atoms with Crippen LogP contribution in [0.3, 0.4) is 0 Å². The Morgan fingerprint density at radius 3 is 2.72 bits per heavy atom. The number of hydrogen-bond acceptors (Lipinski definition) is 4. The summed E-state index contributed by atoms with van der Waals surface area (Å²) >= 11 is 0. The molecule has 0 unspecified atom stereocenters. The molecule has 0 amide bonds. The van der Waals surface area contributed by atoms with Gasteiger partial charge in [-0.2, -0.15) is 0 Å². The van der Waals surface area contributed by atoms with Gasteiger partial charge in [-0.3, -0.25) is 0 Å². The van der Waals surface area contributed by atoms with Gasteiger partial charge in [0, 0.05) is 23.6 Å². The molecule has 2 aromatic heterocycles. The summed E-state index contributed by atoms with van der Waals surface area (Å²) < 4.78 is 11.0. The van der Waals surface area contributed by atoms with Crippen LogP contribution in [0.5, 0.6) is 0 Å². The monoisotopic (exact) mass is 243 g/mol. The average Bonchev–Trinajstić information content (AvgIpc) is 2.64. The van der Waals surface area contributed by atoms with E-state index >= 15 is 0 Å². The third-order valence-corrected chi connectivity index (χ3v) is 3.28. The van der Waals surface area contributed by atoms with Gasteiger partial charge < -0.3 is 14.6 Å². The topological polar surface area (TPSA) is 69.4 Å². The van der Waals surface area contributed by atoms with Gasteiger partial charge >= 0.3 is 5.63 Å². The molecule has 0 bridgehead atoms. The molecule has 3 aromatic rings. The van der Waals surface area contributed by atoms with Crippen LogP contribution < -0.4 is 11.4 Å². The van der Waals surface area contributed by atoms with Gasteiger partial charge in [-0.05, 0) is 31.5 Å². The summed E-state index contributed by atoms with van der Waals surface area (Å²) in [7, 11) is 0. The first-order valence-corrected chi connectivity index (χ1v) is 5.77. The highest BCUT2D eigenvalue weighted by Crippen LogP contribution is 2.32. The van der Waals surface area contributed by atoms with Gasteiger partial charge in [0.2, 0.25) is 0 Å². The van der Waals surface area contributed by atoms with Crippen molar-refractivity contribution >= 4 is 21.9 Å². The van der Waals surface area contributed by atoms with Crippen molar-refractivity contribution in [3.8, 4) is 0 Å². The Kier molecular flexibility index (Phi) is 2.28. The molecule has 1 aromatic carbocycles. The first-order valence-electron chi connectivity index (χ1n) is 5.77. The summed E-state index contributed by atoms with van der Waals surface area (Å²) in [6, 6.07) is 5.28. The largest absolute Gasteiger partial charge is 0.461 e. The van der Waals surface area contributed by atoms with Gasteiger partial charge in [0.25, 0.3) is 0 Å². The molecule has 18 heavy (non-hydrogen) atoms. The lowest BCUT2D eigenvalue weighted by atomic mass is 10.1. The zero-order valence-electron chi connectivity index (χ0n) is 10.2. The van der Waals surface area contributed by atoms with E-state index in [1.54, 1.807) is 0 Å². The SMILES string of the molecule is Cc1oc2ccc3c(C)cc(=O)oc3c2c1CN. The molecule has 4 nitrogen and oxygen atoms in total. The van der Waals surface area contributed by atoms with E-state index < -0.39 is 0 Å². The maximum Gasteiger partial charge on any atom is 0.336 e. The molecule has 3 rings (SSSR count). The van der Waals surface area contributed by atoms with Gasteiger partial charge in [0.15, 0.2) is 0 Å². The standard InChI is InChI=1S/C14H13NO3/c1-7-5-12(16)18-14-9(7)3-4-11-13(14)10(6-15)8(2)17-11/h3-5H,6,15H2,1-2H3. The van der Waals surface area contributed by atoms with E-state index in [4.69, 9.17) is 14.6 Å². The quantitative estimate of drug-likeness (QED) is 0.667. The molecule has 92 valence electrons. The lowest BCUT2D eigenvalue weighted by molar-refractivity contribution is 0.561. The smallest absolute Gasteiger partial charge is 0.336 e. The first-order chi connectivity index (χ1) is 8.61. The Morgan fingerprint density at radius 2 is 2.00 bits per heavy atom. The van der Waals surface area contributed by atoms with Crippen molar-refractivity contribution in [3.63, 3.8) is 0 Å². The summed E-state index contributed by atoms with van der Waals surface area (Å²) in [5, 5.41) is 1.73. The summed E-state index contributed by atoms with van der Waals surface area (Å²) in [5.41, 5.74) is 8.45. The highest BCUT2D eigenvalue weighted by atomic mass is 16.4. The molecule has 0 saturated carbocycles. The third-order valence-electron chi connectivity index (χ3n) is 3.28.